The molecule has 3 aromatic rings. The molecule has 0 aliphatic carbocycles. The van der Waals surface area contributed by atoms with Gasteiger partial charge in [-0.3, -0.25) is 9.59 Å². The SMILES string of the molecule is CCc1ccc(OCC(=O)N(Cc2ccccc2Cl)C(Cc2ccccc2)C(=O)NC(C)CC)cc1. The molecule has 3 aromatic carbocycles. The fraction of sp³-hybridized carbons (Fsp3) is 0.333. The van der Waals surface area contributed by atoms with E-state index in [2.05, 4.69) is 12.2 Å². The van der Waals surface area contributed by atoms with Gasteiger partial charge in [0.2, 0.25) is 5.91 Å². The first kappa shape index (κ1) is 27.3. The van der Waals surface area contributed by atoms with E-state index in [4.69, 9.17) is 16.3 Å². The Hall–Kier alpha value is -3.31. The van der Waals surface area contributed by atoms with Gasteiger partial charge in [0.05, 0.1) is 0 Å². The lowest BCUT2D eigenvalue weighted by atomic mass is 10.0. The van der Waals surface area contributed by atoms with Crippen LogP contribution in [0.2, 0.25) is 5.02 Å². The molecule has 0 heterocycles. The summed E-state index contributed by atoms with van der Waals surface area (Å²) in [5.74, 6) is 0.137. The Kier molecular flexibility index (Phi) is 10.4. The van der Waals surface area contributed by atoms with Crippen LogP contribution in [0.1, 0.15) is 43.9 Å². The van der Waals surface area contributed by atoms with Crippen molar-refractivity contribution < 1.29 is 14.3 Å². The lowest BCUT2D eigenvalue weighted by Gasteiger charge is -2.32. The highest BCUT2D eigenvalue weighted by atomic mass is 35.5. The summed E-state index contributed by atoms with van der Waals surface area (Å²) < 4.78 is 5.84. The Balaban J connectivity index is 1.90. The van der Waals surface area contributed by atoms with Crippen molar-refractivity contribution in [1.82, 2.24) is 10.2 Å². The van der Waals surface area contributed by atoms with Crippen molar-refractivity contribution in [2.45, 2.75) is 58.7 Å². The molecule has 190 valence electrons. The first-order valence-corrected chi connectivity index (χ1v) is 12.9. The van der Waals surface area contributed by atoms with Gasteiger partial charge in [0.15, 0.2) is 6.61 Å². The molecule has 0 fully saturated rings. The van der Waals surface area contributed by atoms with E-state index < -0.39 is 6.04 Å². The standard InChI is InChI=1S/C30H35ClN2O3/c1-4-22(3)32-30(35)28(19-24-11-7-6-8-12-24)33(20-25-13-9-10-14-27(25)31)29(34)21-36-26-17-15-23(5-2)16-18-26/h6-18,22,28H,4-5,19-21H2,1-3H3,(H,32,35). The van der Waals surface area contributed by atoms with Crippen molar-refractivity contribution in [3.8, 4) is 5.75 Å². The second-order valence-electron chi connectivity index (χ2n) is 8.92. The predicted molar refractivity (Wildman–Crippen MR) is 145 cm³/mol. The van der Waals surface area contributed by atoms with Crippen molar-refractivity contribution in [3.63, 3.8) is 0 Å². The molecule has 2 atom stereocenters. The molecule has 2 unspecified atom stereocenters. The number of halogens is 1. The zero-order valence-electron chi connectivity index (χ0n) is 21.2. The number of amides is 2. The fourth-order valence-electron chi connectivity index (χ4n) is 3.85. The number of nitrogens with one attached hydrogen (secondary N) is 1. The van der Waals surface area contributed by atoms with E-state index in [1.165, 1.54) is 5.56 Å². The molecule has 0 aromatic heterocycles. The maximum absolute atomic E-state index is 13.6. The van der Waals surface area contributed by atoms with Crippen LogP contribution in [0.15, 0.2) is 78.9 Å². The van der Waals surface area contributed by atoms with Gasteiger partial charge in [-0.05, 0) is 54.7 Å². The Morgan fingerprint density at radius 1 is 0.917 bits per heavy atom. The third-order valence-corrected chi connectivity index (χ3v) is 6.63. The molecule has 5 nitrogen and oxygen atoms in total. The van der Waals surface area contributed by atoms with E-state index in [1.54, 1.807) is 11.0 Å². The number of rotatable bonds is 12. The van der Waals surface area contributed by atoms with E-state index in [0.717, 1.165) is 24.0 Å². The average molecular weight is 507 g/mol. The number of carbonyl (C=O) groups excluding carboxylic acids is 2. The van der Waals surface area contributed by atoms with Gasteiger partial charge < -0.3 is 15.0 Å². The zero-order chi connectivity index (χ0) is 25.9. The van der Waals surface area contributed by atoms with Gasteiger partial charge in [-0.25, -0.2) is 0 Å². The molecule has 0 aliphatic rings. The van der Waals surface area contributed by atoms with Crippen molar-refractivity contribution in [2.24, 2.45) is 0 Å². The summed E-state index contributed by atoms with van der Waals surface area (Å²) in [5, 5.41) is 3.61. The molecule has 0 radical (unpaired) electrons. The molecule has 2 amide bonds. The highest BCUT2D eigenvalue weighted by Crippen LogP contribution is 2.21. The number of carbonyl (C=O) groups is 2. The number of nitrogens with zero attached hydrogens (tertiary/aromatic N) is 1. The van der Waals surface area contributed by atoms with Crippen LogP contribution in [0.4, 0.5) is 0 Å². The Labute approximate surface area is 219 Å². The maximum Gasteiger partial charge on any atom is 0.261 e. The van der Waals surface area contributed by atoms with Crippen LogP contribution < -0.4 is 10.1 Å². The van der Waals surface area contributed by atoms with Gasteiger partial charge in [0.25, 0.3) is 5.91 Å². The zero-order valence-corrected chi connectivity index (χ0v) is 22.0. The van der Waals surface area contributed by atoms with Crippen molar-refractivity contribution in [3.05, 3.63) is 101 Å². The van der Waals surface area contributed by atoms with E-state index in [-0.39, 0.29) is 31.0 Å². The largest absolute Gasteiger partial charge is 0.484 e. The smallest absolute Gasteiger partial charge is 0.261 e. The molecule has 0 saturated carbocycles. The van der Waals surface area contributed by atoms with Gasteiger partial charge in [0, 0.05) is 24.0 Å². The van der Waals surface area contributed by atoms with E-state index in [0.29, 0.717) is 17.2 Å². The third kappa shape index (κ3) is 7.85. The van der Waals surface area contributed by atoms with Crippen molar-refractivity contribution in [2.75, 3.05) is 6.61 Å². The van der Waals surface area contributed by atoms with Gasteiger partial charge in [-0.1, -0.05) is 86.1 Å². The minimum Gasteiger partial charge on any atom is -0.484 e. The summed E-state index contributed by atoms with van der Waals surface area (Å²) in [6, 6.07) is 24.1. The van der Waals surface area contributed by atoms with Crippen LogP contribution in [0, 0.1) is 0 Å². The predicted octanol–water partition coefficient (Wildman–Crippen LogP) is 5.84. The number of ether oxygens (including phenoxy) is 1. The minimum absolute atomic E-state index is 0.0126. The molecular weight excluding hydrogens is 472 g/mol. The number of hydrogen-bond acceptors (Lipinski definition) is 3. The fourth-order valence-corrected chi connectivity index (χ4v) is 4.05. The summed E-state index contributed by atoms with van der Waals surface area (Å²) in [6.07, 6.45) is 2.10. The van der Waals surface area contributed by atoms with E-state index >= 15 is 0 Å². The summed E-state index contributed by atoms with van der Waals surface area (Å²) in [4.78, 5) is 28.7. The van der Waals surface area contributed by atoms with Gasteiger partial charge in [-0.2, -0.15) is 0 Å². The molecule has 0 bridgehead atoms. The monoisotopic (exact) mass is 506 g/mol. The molecule has 0 aliphatic heterocycles. The summed E-state index contributed by atoms with van der Waals surface area (Å²) in [5.41, 5.74) is 2.93. The number of aryl methyl sites for hydroxylation is 1. The lowest BCUT2D eigenvalue weighted by Crippen LogP contribution is -2.53. The molecular formula is C30H35ClN2O3. The van der Waals surface area contributed by atoms with Crippen LogP contribution in [-0.4, -0.2) is 35.4 Å². The first-order valence-electron chi connectivity index (χ1n) is 12.5. The molecule has 0 spiro atoms. The maximum atomic E-state index is 13.6. The molecule has 36 heavy (non-hydrogen) atoms. The van der Waals surface area contributed by atoms with Crippen molar-refractivity contribution in [1.29, 1.82) is 0 Å². The highest BCUT2D eigenvalue weighted by molar-refractivity contribution is 6.31. The summed E-state index contributed by atoms with van der Waals surface area (Å²) in [6.45, 7) is 6.07. The number of benzene rings is 3. The molecule has 6 heteroatoms. The normalized spacial score (nSPS) is 12.4. The van der Waals surface area contributed by atoms with Crippen LogP contribution in [-0.2, 0) is 29.0 Å². The Morgan fingerprint density at radius 3 is 2.22 bits per heavy atom. The van der Waals surface area contributed by atoms with Gasteiger partial charge in [0.1, 0.15) is 11.8 Å². The highest BCUT2D eigenvalue weighted by Gasteiger charge is 2.31. The second-order valence-corrected chi connectivity index (χ2v) is 9.33. The van der Waals surface area contributed by atoms with Gasteiger partial charge >= 0.3 is 0 Å². The first-order chi connectivity index (χ1) is 17.4. The minimum atomic E-state index is -0.726. The van der Waals surface area contributed by atoms with Crippen molar-refractivity contribution >= 4 is 23.4 Å². The topological polar surface area (TPSA) is 58.6 Å². The van der Waals surface area contributed by atoms with Crippen LogP contribution in [0.3, 0.4) is 0 Å². The third-order valence-electron chi connectivity index (χ3n) is 6.26. The van der Waals surface area contributed by atoms with E-state index in [1.807, 2.05) is 86.6 Å². The van der Waals surface area contributed by atoms with Gasteiger partial charge in [-0.15, -0.1) is 0 Å². The second kappa shape index (κ2) is 13.7. The molecule has 0 saturated heterocycles. The van der Waals surface area contributed by atoms with Crippen LogP contribution in [0.5, 0.6) is 5.75 Å². The van der Waals surface area contributed by atoms with E-state index in [9.17, 15) is 9.59 Å². The Morgan fingerprint density at radius 2 is 1.58 bits per heavy atom. The molecule has 1 N–H and O–H groups in total. The van der Waals surface area contributed by atoms with Crippen LogP contribution >= 0.6 is 11.6 Å². The number of hydrogen-bond donors (Lipinski definition) is 1. The van der Waals surface area contributed by atoms with Crippen LogP contribution in [0.25, 0.3) is 0 Å². The average Bonchev–Trinajstić information content (AvgIpc) is 2.91. The lowest BCUT2D eigenvalue weighted by molar-refractivity contribution is -0.143. The quantitative estimate of drug-likeness (QED) is 0.336. The Bertz CT molecular complexity index is 1120. The molecule has 3 rings (SSSR count). The summed E-state index contributed by atoms with van der Waals surface area (Å²) >= 11 is 6.46. The summed E-state index contributed by atoms with van der Waals surface area (Å²) in [7, 11) is 0.